The predicted octanol–water partition coefficient (Wildman–Crippen LogP) is 4.17. The Kier molecular flexibility index (Phi) is 5.30. The molecule has 1 aliphatic heterocycles. The van der Waals surface area contributed by atoms with Crippen LogP contribution in [-0.4, -0.2) is 39.1 Å². The minimum absolute atomic E-state index is 0.0865. The molecular formula is C24H28N6O3S. The molecule has 1 fully saturated rings. The molecule has 0 unspecified atom stereocenters. The molecule has 1 aliphatic carbocycles. The third-order valence-electron chi connectivity index (χ3n) is 6.76. The van der Waals surface area contributed by atoms with Gasteiger partial charge in [-0.25, -0.2) is 15.0 Å². The number of nitrogens with zero attached hydrogens (tertiary/aromatic N) is 4. The van der Waals surface area contributed by atoms with Gasteiger partial charge in [-0.1, -0.05) is 6.42 Å². The molecule has 9 nitrogen and oxygen atoms in total. The average Bonchev–Trinajstić information content (AvgIpc) is 3.29. The fraction of sp³-hybridized carbons (Fsp3) is 0.458. The predicted molar refractivity (Wildman–Crippen MR) is 130 cm³/mol. The van der Waals surface area contributed by atoms with Gasteiger partial charge >= 0.3 is 0 Å². The van der Waals surface area contributed by atoms with Gasteiger partial charge in [-0.2, -0.15) is 9.40 Å². The Hall–Kier alpha value is -3.16. The molecule has 2 atom stereocenters. The first-order chi connectivity index (χ1) is 16.1. The van der Waals surface area contributed by atoms with Crippen molar-refractivity contribution in [2.75, 3.05) is 5.32 Å². The lowest BCUT2D eigenvalue weighted by molar-refractivity contribution is 0.252. The van der Waals surface area contributed by atoms with Crippen LogP contribution in [0.5, 0.6) is 0 Å². The molecule has 10 heteroatoms. The van der Waals surface area contributed by atoms with Crippen LogP contribution >= 0.6 is 0 Å². The standard InChI is InChI=1S/C24H28N6O3S/c1-24(2,3)29-14-15-13-16(9-10-20(15)34(29,32)33)27-22-21-19(11-12-26-23(21)31)30(28-22)18-8-6-5-7-17(18)25-4/h9-13,17-18H,5-8,14H2,1-3H3,(H,26,31)(H,27,28)/t17-,18-/m0/s1. The van der Waals surface area contributed by atoms with Crippen molar-refractivity contribution in [3.63, 3.8) is 0 Å². The number of nitrogens with one attached hydrogen (secondary N) is 2. The minimum Gasteiger partial charge on any atom is -0.338 e. The van der Waals surface area contributed by atoms with Gasteiger partial charge in [0.05, 0.1) is 10.4 Å². The third kappa shape index (κ3) is 3.60. The summed E-state index contributed by atoms with van der Waals surface area (Å²) in [6.07, 6.45) is 5.32. The van der Waals surface area contributed by atoms with Crippen LogP contribution in [0.2, 0.25) is 0 Å². The van der Waals surface area contributed by atoms with Gasteiger partial charge in [0.1, 0.15) is 11.4 Å². The Morgan fingerprint density at radius 3 is 2.71 bits per heavy atom. The number of hydrogen-bond acceptors (Lipinski definition) is 5. The zero-order valence-electron chi connectivity index (χ0n) is 19.5. The molecule has 34 heavy (non-hydrogen) atoms. The number of sulfonamides is 1. The van der Waals surface area contributed by atoms with E-state index < -0.39 is 15.6 Å². The van der Waals surface area contributed by atoms with E-state index in [0.29, 0.717) is 39.4 Å². The topological polar surface area (TPSA) is 104 Å². The molecule has 5 rings (SSSR count). The number of aromatic nitrogens is 3. The monoisotopic (exact) mass is 480 g/mol. The summed E-state index contributed by atoms with van der Waals surface area (Å²) in [7, 11) is -3.55. The second-order valence-electron chi connectivity index (χ2n) is 10.0. The van der Waals surface area contributed by atoms with Gasteiger partial charge in [-0.05, 0) is 63.4 Å². The highest BCUT2D eigenvalue weighted by atomic mass is 32.2. The van der Waals surface area contributed by atoms with Crippen LogP contribution in [0, 0.1) is 6.57 Å². The van der Waals surface area contributed by atoms with Crippen molar-refractivity contribution in [1.29, 1.82) is 0 Å². The summed E-state index contributed by atoms with van der Waals surface area (Å²) in [5.41, 5.74) is 1.26. The molecule has 0 saturated heterocycles. The fourth-order valence-corrected chi connectivity index (χ4v) is 7.05. The Morgan fingerprint density at radius 2 is 1.97 bits per heavy atom. The summed E-state index contributed by atoms with van der Waals surface area (Å²) in [5, 5.41) is 8.44. The summed E-state index contributed by atoms with van der Waals surface area (Å²) in [6.45, 7) is 13.5. The molecular weight excluding hydrogens is 452 g/mol. The smallest absolute Gasteiger partial charge is 0.261 e. The zero-order chi connectivity index (χ0) is 24.3. The largest absolute Gasteiger partial charge is 0.338 e. The Labute approximate surface area is 198 Å². The Morgan fingerprint density at radius 1 is 1.21 bits per heavy atom. The van der Waals surface area contributed by atoms with E-state index in [1.165, 1.54) is 4.31 Å². The van der Waals surface area contributed by atoms with Crippen molar-refractivity contribution < 1.29 is 8.42 Å². The van der Waals surface area contributed by atoms with Gasteiger partial charge in [0, 0.05) is 30.4 Å². The Bertz CT molecular complexity index is 1480. The van der Waals surface area contributed by atoms with Crippen molar-refractivity contribution in [2.45, 2.75) is 75.5 Å². The summed E-state index contributed by atoms with van der Waals surface area (Å²) in [4.78, 5) is 19.6. The molecule has 1 aromatic carbocycles. The summed E-state index contributed by atoms with van der Waals surface area (Å²) < 4.78 is 29.3. The van der Waals surface area contributed by atoms with Crippen LogP contribution in [0.1, 0.15) is 58.1 Å². The highest BCUT2D eigenvalue weighted by Gasteiger charge is 2.41. The van der Waals surface area contributed by atoms with Gasteiger partial charge in [-0.15, -0.1) is 0 Å². The number of aromatic amines is 1. The van der Waals surface area contributed by atoms with Gasteiger partial charge in [0.15, 0.2) is 5.82 Å². The van der Waals surface area contributed by atoms with Gasteiger partial charge in [0.2, 0.25) is 16.1 Å². The minimum atomic E-state index is -3.55. The van der Waals surface area contributed by atoms with E-state index in [2.05, 4.69) is 15.1 Å². The summed E-state index contributed by atoms with van der Waals surface area (Å²) in [6, 6.07) is 6.68. The third-order valence-corrected chi connectivity index (χ3v) is 8.97. The van der Waals surface area contributed by atoms with Crippen LogP contribution in [0.3, 0.4) is 0 Å². The van der Waals surface area contributed by atoms with E-state index in [9.17, 15) is 13.2 Å². The summed E-state index contributed by atoms with van der Waals surface area (Å²) >= 11 is 0. The molecule has 2 aliphatic rings. The number of hydrogen-bond donors (Lipinski definition) is 2. The molecule has 0 spiro atoms. The van der Waals surface area contributed by atoms with Crippen LogP contribution in [0.4, 0.5) is 11.5 Å². The lowest BCUT2D eigenvalue weighted by Gasteiger charge is -2.29. The molecule has 0 radical (unpaired) electrons. The maximum absolute atomic E-state index is 13.0. The highest BCUT2D eigenvalue weighted by molar-refractivity contribution is 7.89. The molecule has 0 amide bonds. The van der Waals surface area contributed by atoms with Crippen molar-refractivity contribution >= 4 is 32.4 Å². The SMILES string of the molecule is [C-]#[N+][C@H]1CCCC[C@@H]1n1nc(Nc2ccc3c(c2)CN(C(C)(C)C)S3(=O)=O)c2c(=O)[nH]ccc21. The number of benzene rings is 1. The van der Waals surface area contributed by atoms with E-state index in [1.807, 2.05) is 37.6 Å². The van der Waals surface area contributed by atoms with E-state index in [-0.39, 0.29) is 17.6 Å². The van der Waals surface area contributed by atoms with Crippen LogP contribution in [-0.2, 0) is 16.6 Å². The van der Waals surface area contributed by atoms with Crippen molar-refractivity contribution in [3.05, 3.63) is 57.8 Å². The van der Waals surface area contributed by atoms with Crippen LogP contribution < -0.4 is 10.9 Å². The highest BCUT2D eigenvalue weighted by Crippen LogP contribution is 2.38. The second kappa shape index (κ2) is 7.96. The first-order valence-electron chi connectivity index (χ1n) is 11.5. The van der Waals surface area contributed by atoms with E-state index in [0.717, 1.165) is 25.7 Å². The fourth-order valence-electron chi connectivity index (χ4n) is 5.09. The molecule has 3 aromatic rings. The molecule has 2 N–H and O–H groups in total. The number of H-pyrrole nitrogens is 1. The molecule has 0 bridgehead atoms. The Balaban J connectivity index is 1.55. The lowest BCUT2D eigenvalue weighted by Crippen LogP contribution is -2.41. The van der Waals surface area contributed by atoms with E-state index in [1.54, 1.807) is 18.3 Å². The van der Waals surface area contributed by atoms with Crippen molar-refractivity contribution in [2.24, 2.45) is 0 Å². The first-order valence-corrected chi connectivity index (χ1v) is 12.9. The zero-order valence-corrected chi connectivity index (χ0v) is 20.3. The molecule has 178 valence electrons. The van der Waals surface area contributed by atoms with E-state index in [4.69, 9.17) is 11.7 Å². The molecule has 1 saturated carbocycles. The lowest BCUT2D eigenvalue weighted by atomic mass is 9.91. The number of fused-ring (bicyclic) bond motifs is 2. The normalized spacial score (nSPS) is 22.4. The van der Waals surface area contributed by atoms with Crippen LogP contribution in [0.25, 0.3) is 15.7 Å². The number of rotatable bonds is 3. The average molecular weight is 481 g/mol. The summed E-state index contributed by atoms with van der Waals surface area (Å²) in [5.74, 6) is 0.402. The second-order valence-corrected chi connectivity index (χ2v) is 11.9. The number of anilines is 2. The maximum atomic E-state index is 13.0. The van der Waals surface area contributed by atoms with Gasteiger partial charge in [0.25, 0.3) is 5.56 Å². The number of pyridine rings is 1. The maximum Gasteiger partial charge on any atom is 0.261 e. The molecule has 3 heterocycles. The molecule has 2 aromatic heterocycles. The van der Waals surface area contributed by atoms with Gasteiger partial charge in [-0.3, -0.25) is 9.48 Å². The van der Waals surface area contributed by atoms with Crippen LogP contribution in [0.15, 0.2) is 40.2 Å². The van der Waals surface area contributed by atoms with Crippen molar-refractivity contribution in [1.82, 2.24) is 19.1 Å². The van der Waals surface area contributed by atoms with Gasteiger partial charge < -0.3 is 15.1 Å². The van der Waals surface area contributed by atoms with E-state index >= 15 is 0 Å². The quantitative estimate of drug-likeness (QED) is 0.548. The first kappa shape index (κ1) is 22.6. The van der Waals surface area contributed by atoms with Crippen molar-refractivity contribution in [3.8, 4) is 0 Å².